The van der Waals surface area contributed by atoms with Gasteiger partial charge in [0, 0.05) is 7.05 Å². The summed E-state index contributed by atoms with van der Waals surface area (Å²) in [6.45, 7) is 0. The van der Waals surface area contributed by atoms with Crippen LogP contribution in [-0.4, -0.2) is 19.2 Å². The molecule has 0 atom stereocenters. The predicted octanol–water partition coefficient (Wildman–Crippen LogP) is 0.268. The fraction of sp³-hybridized carbons (Fsp3) is 0.200. The summed E-state index contributed by atoms with van der Waals surface area (Å²) in [6, 6.07) is 7.50. The largest absolute Gasteiger partial charge is 0.369 e. The first-order valence-corrected chi connectivity index (χ1v) is 4.29. The van der Waals surface area contributed by atoms with E-state index in [-0.39, 0.29) is 12.3 Å². The van der Waals surface area contributed by atoms with Crippen LogP contribution < -0.4 is 11.2 Å². The monoisotopic (exact) mass is 191 g/mol. The van der Waals surface area contributed by atoms with Crippen molar-refractivity contribution >= 4 is 12.1 Å². The van der Waals surface area contributed by atoms with Crippen LogP contribution in [0.1, 0.15) is 11.1 Å². The van der Waals surface area contributed by atoms with Gasteiger partial charge in [-0.2, -0.15) is 5.10 Å². The van der Waals surface area contributed by atoms with Crippen molar-refractivity contribution in [2.24, 2.45) is 10.8 Å². The molecule has 0 aliphatic rings. The van der Waals surface area contributed by atoms with Crippen molar-refractivity contribution in [3.05, 3.63) is 35.4 Å². The molecule has 3 N–H and O–H groups in total. The molecule has 0 aromatic heterocycles. The second-order valence-electron chi connectivity index (χ2n) is 2.87. The van der Waals surface area contributed by atoms with Crippen LogP contribution in [0, 0.1) is 0 Å². The topological polar surface area (TPSA) is 67.5 Å². The lowest BCUT2D eigenvalue weighted by Crippen LogP contribution is -2.13. The average Bonchev–Trinajstić information content (AvgIpc) is 2.16. The molecule has 0 heterocycles. The van der Waals surface area contributed by atoms with Crippen molar-refractivity contribution in [2.75, 3.05) is 7.05 Å². The van der Waals surface area contributed by atoms with Gasteiger partial charge in [-0.3, -0.25) is 4.79 Å². The van der Waals surface area contributed by atoms with Gasteiger partial charge in [-0.05, 0) is 11.1 Å². The Labute approximate surface area is 82.8 Å². The molecule has 0 saturated carbocycles. The molecule has 0 bridgehead atoms. The van der Waals surface area contributed by atoms with Gasteiger partial charge in [0.2, 0.25) is 5.91 Å². The Hall–Kier alpha value is -1.84. The zero-order valence-corrected chi connectivity index (χ0v) is 8.03. The summed E-state index contributed by atoms with van der Waals surface area (Å²) < 4.78 is 0. The van der Waals surface area contributed by atoms with E-state index in [1.807, 2.05) is 24.3 Å². The van der Waals surface area contributed by atoms with Crippen LogP contribution in [0.15, 0.2) is 29.4 Å². The molecule has 1 amide bonds. The van der Waals surface area contributed by atoms with Crippen LogP contribution in [-0.2, 0) is 11.2 Å². The lowest BCUT2D eigenvalue weighted by molar-refractivity contribution is -0.117. The fourth-order valence-corrected chi connectivity index (χ4v) is 1.06. The minimum atomic E-state index is -0.318. The zero-order chi connectivity index (χ0) is 10.4. The number of nitrogens with two attached hydrogens (primary N) is 1. The van der Waals surface area contributed by atoms with Crippen LogP contribution >= 0.6 is 0 Å². The molecule has 0 spiro atoms. The molecule has 1 rings (SSSR count). The molecular formula is C10H13N3O. The zero-order valence-electron chi connectivity index (χ0n) is 8.03. The van der Waals surface area contributed by atoms with E-state index in [4.69, 9.17) is 5.73 Å². The van der Waals surface area contributed by atoms with Gasteiger partial charge in [-0.15, -0.1) is 0 Å². The van der Waals surface area contributed by atoms with E-state index in [9.17, 15) is 4.79 Å². The summed E-state index contributed by atoms with van der Waals surface area (Å²) >= 11 is 0. The Bertz CT molecular complexity index is 330. The van der Waals surface area contributed by atoms with Gasteiger partial charge in [-0.25, -0.2) is 0 Å². The first-order valence-electron chi connectivity index (χ1n) is 4.29. The number of rotatable bonds is 4. The Morgan fingerprint density at radius 2 is 2.14 bits per heavy atom. The maximum Gasteiger partial charge on any atom is 0.221 e. The third-order valence-corrected chi connectivity index (χ3v) is 1.70. The third kappa shape index (κ3) is 3.26. The highest BCUT2D eigenvalue weighted by Crippen LogP contribution is 2.02. The number of nitrogens with one attached hydrogen (secondary N) is 1. The highest BCUT2D eigenvalue weighted by Gasteiger charge is 1.97. The number of benzene rings is 1. The Morgan fingerprint density at radius 3 is 2.64 bits per heavy atom. The SMILES string of the molecule is CN/N=C/c1ccc(CC(N)=O)cc1. The minimum absolute atomic E-state index is 0.281. The fourth-order valence-electron chi connectivity index (χ4n) is 1.06. The van der Waals surface area contributed by atoms with Crippen LogP contribution in [0.4, 0.5) is 0 Å². The highest BCUT2D eigenvalue weighted by atomic mass is 16.1. The average molecular weight is 191 g/mol. The number of nitrogens with zero attached hydrogens (tertiary/aromatic N) is 1. The first kappa shape index (κ1) is 10.2. The van der Waals surface area contributed by atoms with Crippen LogP contribution in [0.25, 0.3) is 0 Å². The first-order chi connectivity index (χ1) is 6.72. The molecule has 1 aromatic carbocycles. The van der Waals surface area contributed by atoms with Gasteiger partial charge < -0.3 is 11.2 Å². The molecule has 0 unspecified atom stereocenters. The minimum Gasteiger partial charge on any atom is -0.369 e. The van der Waals surface area contributed by atoms with Crippen molar-refractivity contribution in [2.45, 2.75) is 6.42 Å². The number of amides is 1. The van der Waals surface area contributed by atoms with Crippen LogP contribution in [0.3, 0.4) is 0 Å². The van der Waals surface area contributed by atoms with E-state index in [0.717, 1.165) is 11.1 Å². The van der Waals surface area contributed by atoms with E-state index < -0.39 is 0 Å². The van der Waals surface area contributed by atoms with Crippen molar-refractivity contribution in [3.63, 3.8) is 0 Å². The lowest BCUT2D eigenvalue weighted by atomic mass is 10.1. The summed E-state index contributed by atoms with van der Waals surface area (Å²) in [4.78, 5) is 10.6. The van der Waals surface area contributed by atoms with Gasteiger partial charge in [0.05, 0.1) is 12.6 Å². The Balaban J connectivity index is 2.68. The normalized spacial score (nSPS) is 10.4. The van der Waals surface area contributed by atoms with Gasteiger partial charge in [0.1, 0.15) is 0 Å². The van der Waals surface area contributed by atoms with Gasteiger partial charge in [-0.1, -0.05) is 24.3 Å². The lowest BCUT2D eigenvalue weighted by Gasteiger charge is -1.97. The molecule has 4 nitrogen and oxygen atoms in total. The summed E-state index contributed by atoms with van der Waals surface area (Å²) in [5, 5.41) is 3.87. The molecule has 1 aromatic rings. The summed E-state index contributed by atoms with van der Waals surface area (Å²) in [5.41, 5.74) is 9.62. The van der Waals surface area contributed by atoms with Gasteiger partial charge in [0.25, 0.3) is 0 Å². The number of hydrogen-bond donors (Lipinski definition) is 2. The second-order valence-corrected chi connectivity index (χ2v) is 2.87. The van der Waals surface area contributed by atoms with Gasteiger partial charge >= 0.3 is 0 Å². The molecule has 0 radical (unpaired) electrons. The van der Waals surface area contributed by atoms with E-state index >= 15 is 0 Å². The van der Waals surface area contributed by atoms with E-state index in [1.165, 1.54) is 0 Å². The van der Waals surface area contributed by atoms with E-state index in [0.29, 0.717) is 0 Å². The molecule has 0 aliphatic heterocycles. The van der Waals surface area contributed by atoms with Crippen LogP contribution in [0.2, 0.25) is 0 Å². The number of hydrogen-bond acceptors (Lipinski definition) is 3. The third-order valence-electron chi connectivity index (χ3n) is 1.70. The number of carbonyl (C=O) groups excluding carboxylic acids is 1. The van der Waals surface area contributed by atoms with Gasteiger partial charge in [0.15, 0.2) is 0 Å². The van der Waals surface area contributed by atoms with E-state index in [2.05, 4.69) is 10.5 Å². The number of carbonyl (C=O) groups is 1. The van der Waals surface area contributed by atoms with Crippen molar-refractivity contribution in [1.29, 1.82) is 0 Å². The molecule has 74 valence electrons. The summed E-state index contributed by atoms with van der Waals surface area (Å²) in [7, 11) is 1.73. The van der Waals surface area contributed by atoms with E-state index in [1.54, 1.807) is 13.3 Å². The van der Waals surface area contributed by atoms with Crippen molar-refractivity contribution < 1.29 is 4.79 Å². The molecule has 0 aliphatic carbocycles. The maximum absolute atomic E-state index is 10.6. The molecule has 4 heteroatoms. The smallest absolute Gasteiger partial charge is 0.221 e. The molecular weight excluding hydrogens is 178 g/mol. The quantitative estimate of drug-likeness (QED) is 0.529. The Morgan fingerprint density at radius 1 is 1.50 bits per heavy atom. The highest BCUT2D eigenvalue weighted by molar-refractivity contribution is 5.80. The molecule has 0 saturated heterocycles. The van der Waals surface area contributed by atoms with Crippen LogP contribution in [0.5, 0.6) is 0 Å². The molecule has 14 heavy (non-hydrogen) atoms. The molecule has 0 fully saturated rings. The number of hydrazone groups is 1. The standard InChI is InChI=1S/C10H13N3O/c1-12-13-7-9-4-2-8(3-5-9)6-10(11)14/h2-5,7,12H,6H2,1H3,(H2,11,14)/b13-7+. The van der Waals surface area contributed by atoms with Crippen molar-refractivity contribution in [1.82, 2.24) is 5.43 Å². The van der Waals surface area contributed by atoms with Crippen molar-refractivity contribution in [3.8, 4) is 0 Å². The number of primary amides is 1. The maximum atomic E-state index is 10.6. The summed E-state index contributed by atoms with van der Waals surface area (Å²) in [5.74, 6) is -0.318. The summed E-state index contributed by atoms with van der Waals surface area (Å²) in [6.07, 6.45) is 1.98. The Kier molecular flexibility index (Phi) is 3.67. The second kappa shape index (κ2) is 5.01. The predicted molar refractivity (Wildman–Crippen MR) is 56.0 cm³/mol.